The summed E-state index contributed by atoms with van der Waals surface area (Å²) in [6, 6.07) is 8.39. The van der Waals surface area contributed by atoms with Crippen LogP contribution in [0.4, 0.5) is 5.69 Å². The number of anilines is 1. The maximum Gasteiger partial charge on any atom is 0.0549 e. The summed E-state index contributed by atoms with van der Waals surface area (Å²) in [5.74, 6) is 0. The maximum atomic E-state index is 3.75. The Morgan fingerprint density at radius 3 is 3.08 bits per heavy atom. The van der Waals surface area contributed by atoms with Crippen molar-refractivity contribution < 1.29 is 0 Å². The summed E-state index contributed by atoms with van der Waals surface area (Å²) < 4.78 is 2.22. The number of fused-ring (bicyclic) bond motifs is 1. The average molecular weight is 189 g/mol. The van der Waals surface area contributed by atoms with Gasteiger partial charge in [0.25, 0.3) is 0 Å². The second-order valence-electron chi connectivity index (χ2n) is 2.82. The number of para-hydroxylation sites is 1. The first-order chi connectivity index (χ1) is 6.42. The summed E-state index contributed by atoms with van der Waals surface area (Å²) >= 11 is 1.71. The van der Waals surface area contributed by atoms with Gasteiger partial charge >= 0.3 is 0 Å². The first-order valence-electron chi connectivity index (χ1n) is 4.22. The summed E-state index contributed by atoms with van der Waals surface area (Å²) in [5, 5.41) is 2.10. The van der Waals surface area contributed by atoms with Crippen LogP contribution in [0.1, 0.15) is 5.56 Å². The molecule has 0 aromatic heterocycles. The van der Waals surface area contributed by atoms with Gasteiger partial charge in [-0.25, -0.2) is 0 Å². The lowest BCUT2D eigenvalue weighted by molar-refractivity contribution is 1.21. The third kappa shape index (κ3) is 1.63. The molecule has 1 heterocycles. The highest BCUT2D eigenvalue weighted by Crippen LogP contribution is 2.32. The Kier molecular flexibility index (Phi) is 2.41. The number of hydrogen-bond acceptors (Lipinski definition) is 2. The van der Waals surface area contributed by atoms with Gasteiger partial charge in [0.05, 0.1) is 5.69 Å². The third-order valence-corrected chi connectivity index (χ3v) is 2.79. The molecule has 66 valence electrons. The van der Waals surface area contributed by atoms with Crippen LogP contribution in [0, 0.1) is 0 Å². The minimum absolute atomic E-state index is 0.881. The number of nitrogens with zero attached hydrogens (tertiary/aromatic N) is 1. The van der Waals surface area contributed by atoms with Gasteiger partial charge in [0.1, 0.15) is 0 Å². The van der Waals surface area contributed by atoms with Crippen molar-refractivity contribution in [1.29, 1.82) is 0 Å². The molecule has 1 aromatic rings. The lowest BCUT2D eigenvalue weighted by Gasteiger charge is -2.24. The molecule has 0 unspecified atom stereocenters. The molecule has 0 amide bonds. The predicted molar refractivity (Wildman–Crippen MR) is 60.6 cm³/mol. The van der Waals surface area contributed by atoms with Crippen molar-refractivity contribution in [2.45, 2.75) is 0 Å². The van der Waals surface area contributed by atoms with Crippen LogP contribution >= 0.6 is 11.9 Å². The van der Waals surface area contributed by atoms with Crippen LogP contribution in [-0.4, -0.2) is 6.54 Å². The van der Waals surface area contributed by atoms with E-state index in [9.17, 15) is 0 Å². The van der Waals surface area contributed by atoms with Gasteiger partial charge in [-0.3, -0.25) is 0 Å². The van der Waals surface area contributed by atoms with Crippen LogP contribution in [0.25, 0.3) is 6.08 Å². The fraction of sp³-hybridized carbons (Fsp3) is 0.0909. The first-order valence-corrected chi connectivity index (χ1v) is 5.06. The largest absolute Gasteiger partial charge is 0.308 e. The smallest absolute Gasteiger partial charge is 0.0549 e. The van der Waals surface area contributed by atoms with Crippen LogP contribution in [-0.2, 0) is 0 Å². The van der Waals surface area contributed by atoms with Crippen molar-refractivity contribution in [1.82, 2.24) is 0 Å². The number of hydrogen-bond donors (Lipinski definition) is 0. The Morgan fingerprint density at radius 1 is 1.38 bits per heavy atom. The monoisotopic (exact) mass is 189 g/mol. The van der Waals surface area contributed by atoms with E-state index in [4.69, 9.17) is 0 Å². The standard InChI is InChI=1S/C11H11NS/c1-2-8-12-11-6-4-3-5-10(11)7-9-13-12/h2-7,9H,1,8H2. The number of rotatable bonds is 2. The molecule has 1 aliphatic heterocycles. The summed E-state index contributed by atoms with van der Waals surface area (Å²) in [5.41, 5.74) is 2.55. The van der Waals surface area contributed by atoms with E-state index < -0.39 is 0 Å². The van der Waals surface area contributed by atoms with Gasteiger partial charge in [-0.05, 0) is 35.1 Å². The molecule has 0 atom stereocenters. The van der Waals surface area contributed by atoms with E-state index >= 15 is 0 Å². The molecule has 13 heavy (non-hydrogen) atoms. The third-order valence-electron chi connectivity index (χ3n) is 1.94. The fourth-order valence-corrected chi connectivity index (χ4v) is 2.17. The summed E-state index contributed by atoms with van der Waals surface area (Å²) in [4.78, 5) is 0. The van der Waals surface area contributed by atoms with E-state index in [-0.39, 0.29) is 0 Å². The molecule has 0 N–H and O–H groups in total. The number of benzene rings is 1. The van der Waals surface area contributed by atoms with Crippen molar-refractivity contribution >= 4 is 23.7 Å². The fourth-order valence-electron chi connectivity index (χ4n) is 1.35. The zero-order valence-corrected chi connectivity index (χ0v) is 8.13. The minimum atomic E-state index is 0.881. The molecule has 1 nitrogen and oxygen atoms in total. The molecule has 0 aliphatic carbocycles. The molecule has 0 radical (unpaired) electrons. The van der Waals surface area contributed by atoms with Crippen molar-refractivity contribution in [2.24, 2.45) is 0 Å². The maximum absolute atomic E-state index is 3.75. The van der Waals surface area contributed by atoms with Crippen molar-refractivity contribution in [3.8, 4) is 0 Å². The van der Waals surface area contributed by atoms with Crippen LogP contribution in [0.3, 0.4) is 0 Å². The average Bonchev–Trinajstić information content (AvgIpc) is 2.19. The van der Waals surface area contributed by atoms with Crippen LogP contribution in [0.15, 0.2) is 42.3 Å². The van der Waals surface area contributed by atoms with Crippen molar-refractivity contribution in [3.05, 3.63) is 47.9 Å². The van der Waals surface area contributed by atoms with Crippen molar-refractivity contribution in [2.75, 3.05) is 10.8 Å². The summed E-state index contributed by atoms with van der Waals surface area (Å²) in [6.07, 6.45) is 4.06. The lowest BCUT2D eigenvalue weighted by atomic mass is 10.2. The molecule has 1 aromatic carbocycles. The van der Waals surface area contributed by atoms with E-state index in [0.29, 0.717) is 0 Å². The molecule has 0 saturated carbocycles. The van der Waals surface area contributed by atoms with Gasteiger partial charge < -0.3 is 4.31 Å². The van der Waals surface area contributed by atoms with Gasteiger partial charge in [0, 0.05) is 6.54 Å². The van der Waals surface area contributed by atoms with Crippen molar-refractivity contribution in [3.63, 3.8) is 0 Å². The molecule has 2 rings (SSSR count). The SMILES string of the molecule is C=CCN1SC=Cc2ccccc21. The molecular weight excluding hydrogens is 178 g/mol. The highest BCUT2D eigenvalue weighted by atomic mass is 32.2. The van der Waals surface area contributed by atoms with Gasteiger partial charge in [-0.2, -0.15) is 0 Å². The van der Waals surface area contributed by atoms with Crippen LogP contribution in [0.2, 0.25) is 0 Å². The lowest BCUT2D eigenvalue weighted by Crippen LogP contribution is -2.15. The highest BCUT2D eigenvalue weighted by Gasteiger charge is 2.10. The molecule has 0 bridgehead atoms. The molecule has 2 heteroatoms. The second-order valence-corrected chi connectivity index (χ2v) is 3.74. The van der Waals surface area contributed by atoms with E-state index in [1.54, 1.807) is 11.9 Å². The minimum Gasteiger partial charge on any atom is -0.308 e. The second kappa shape index (κ2) is 3.71. The Hall–Kier alpha value is -1.15. The Bertz CT molecular complexity index is 344. The van der Waals surface area contributed by atoms with Crippen LogP contribution < -0.4 is 4.31 Å². The topological polar surface area (TPSA) is 3.24 Å². The molecular formula is C11H11NS. The Balaban J connectivity index is 2.37. The molecule has 0 saturated heterocycles. The van der Waals surface area contributed by atoms with Gasteiger partial charge in [0.2, 0.25) is 0 Å². The van der Waals surface area contributed by atoms with Crippen LogP contribution in [0.5, 0.6) is 0 Å². The summed E-state index contributed by atoms with van der Waals surface area (Å²) in [6.45, 7) is 4.63. The van der Waals surface area contributed by atoms with Gasteiger partial charge in [-0.15, -0.1) is 6.58 Å². The normalized spacial score (nSPS) is 14.0. The van der Waals surface area contributed by atoms with Gasteiger partial charge in [-0.1, -0.05) is 24.3 Å². The zero-order valence-electron chi connectivity index (χ0n) is 7.31. The van der Waals surface area contributed by atoms with E-state index in [2.05, 4.69) is 46.6 Å². The zero-order chi connectivity index (χ0) is 9.10. The predicted octanol–water partition coefficient (Wildman–Crippen LogP) is 3.31. The quantitative estimate of drug-likeness (QED) is 0.518. The van der Waals surface area contributed by atoms with E-state index in [1.807, 2.05) is 6.08 Å². The first kappa shape index (κ1) is 8.45. The molecule has 0 spiro atoms. The van der Waals surface area contributed by atoms with E-state index in [0.717, 1.165) is 6.54 Å². The highest BCUT2D eigenvalue weighted by molar-refractivity contribution is 8.03. The Labute approximate surface area is 82.9 Å². The Morgan fingerprint density at radius 2 is 2.23 bits per heavy atom. The van der Waals surface area contributed by atoms with Gasteiger partial charge in [0.15, 0.2) is 0 Å². The molecule has 0 fully saturated rings. The summed E-state index contributed by atoms with van der Waals surface area (Å²) in [7, 11) is 0. The van der Waals surface area contributed by atoms with E-state index in [1.165, 1.54) is 11.3 Å². The molecule has 1 aliphatic rings.